The zero-order valence-electron chi connectivity index (χ0n) is 21.5. The van der Waals surface area contributed by atoms with Gasteiger partial charge in [0.05, 0.1) is 22.0 Å². The van der Waals surface area contributed by atoms with E-state index in [1.54, 1.807) is 28.9 Å². The van der Waals surface area contributed by atoms with Crippen LogP contribution in [0.3, 0.4) is 0 Å². The molecule has 0 bridgehead atoms. The molecule has 0 aliphatic heterocycles. The minimum atomic E-state index is -0.843. The second-order valence-electron chi connectivity index (χ2n) is 10.0. The lowest BCUT2D eigenvalue weighted by Crippen LogP contribution is -2.45. The van der Waals surface area contributed by atoms with Crippen molar-refractivity contribution in [1.82, 2.24) is 15.1 Å². The van der Waals surface area contributed by atoms with Crippen LogP contribution in [-0.2, 0) is 16.6 Å². The molecule has 37 heavy (non-hydrogen) atoms. The van der Waals surface area contributed by atoms with Gasteiger partial charge in [-0.25, -0.2) is 4.68 Å². The Kier molecular flexibility index (Phi) is 7.79. The van der Waals surface area contributed by atoms with Gasteiger partial charge in [-0.15, -0.1) is 0 Å². The number of rotatable bonds is 7. The zero-order valence-corrected chi connectivity index (χ0v) is 22.2. The number of nitrogens with zero attached hydrogens (tertiary/aromatic N) is 2. The van der Waals surface area contributed by atoms with Gasteiger partial charge in [-0.2, -0.15) is 5.10 Å². The van der Waals surface area contributed by atoms with Gasteiger partial charge in [0, 0.05) is 17.9 Å². The van der Waals surface area contributed by atoms with E-state index < -0.39 is 11.9 Å². The molecule has 0 fully saturated rings. The number of hydrogen-bond donors (Lipinski definition) is 2. The van der Waals surface area contributed by atoms with Crippen molar-refractivity contribution >= 4 is 29.2 Å². The molecule has 0 radical (unpaired) electrons. The highest BCUT2D eigenvalue weighted by molar-refractivity contribution is 6.33. The molecule has 3 aromatic carbocycles. The second kappa shape index (κ2) is 11.0. The molecule has 0 saturated heterocycles. The highest BCUT2D eigenvalue weighted by Crippen LogP contribution is 2.27. The van der Waals surface area contributed by atoms with E-state index in [0.717, 1.165) is 22.5 Å². The lowest BCUT2D eigenvalue weighted by Gasteiger charge is -2.20. The standard InChI is InChI=1S/C30H31ClN4O2/c1-20-12-8-11-17-25(20)35-27(19-26(34-35)30(2,3)4)33-29(37)24(18-21-13-6-5-7-14-21)32-28(36)22-15-9-10-16-23(22)31/h5-17,19,24H,18H2,1-4H3,(H,32,36)(H,33,37). The predicted molar refractivity (Wildman–Crippen MR) is 148 cm³/mol. The van der Waals surface area contributed by atoms with E-state index in [1.807, 2.05) is 67.6 Å². The third-order valence-electron chi connectivity index (χ3n) is 6.10. The van der Waals surface area contributed by atoms with Crippen LogP contribution in [-0.4, -0.2) is 27.6 Å². The minimum absolute atomic E-state index is 0.227. The first-order valence-electron chi connectivity index (χ1n) is 12.2. The Bertz CT molecular complexity index is 1410. The lowest BCUT2D eigenvalue weighted by atomic mass is 9.92. The monoisotopic (exact) mass is 514 g/mol. The molecule has 2 N–H and O–H groups in total. The van der Waals surface area contributed by atoms with Gasteiger partial charge in [-0.1, -0.05) is 93.0 Å². The first kappa shape index (κ1) is 26.2. The molecular formula is C30H31ClN4O2. The molecule has 1 atom stereocenters. The number of para-hydroxylation sites is 1. The normalized spacial score (nSPS) is 12.1. The third-order valence-corrected chi connectivity index (χ3v) is 6.43. The highest BCUT2D eigenvalue weighted by Gasteiger charge is 2.26. The van der Waals surface area contributed by atoms with Crippen LogP contribution < -0.4 is 10.6 Å². The van der Waals surface area contributed by atoms with E-state index in [2.05, 4.69) is 31.4 Å². The van der Waals surface area contributed by atoms with Gasteiger partial charge in [0.15, 0.2) is 0 Å². The van der Waals surface area contributed by atoms with E-state index >= 15 is 0 Å². The van der Waals surface area contributed by atoms with Gasteiger partial charge in [-0.05, 0) is 36.2 Å². The number of nitrogens with one attached hydrogen (secondary N) is 2. The fraction of sp³-hybridized carbons (Fsp3) is 0.233. The largest absolute Gasteiger partial charge is 0.340 e. The molecule has 4 rings (SSSR count). The van der Waals surface area contributed by atoms with Crippen molar-refractivity contribution in [2.45, 2.75) is 45.6 Å². The molecule has 7 heteroatoms. The van der Waals surface area contributed by atoms with Gasteiger partial charge in [0.25, 0.3) is 5.91 Å². The number of halogens is 1. The van der Waals surface area contributed by atoms with Crippen molar-refractivity contribution in [3.8, 4) is 5.69 Å². The van der Waals surface area contributed by atoms with Gasteiger partial charge in [0.2, 0.25) is 5.91 Å². The van der Waals surface area contributed by atoms with Crippen LogP contribution >= 0.6 is 11.6 Å². The Hall–Kier alpha value is -3.90. The molecule has 0 saturated carbocycles. The Morgan fingerprint density at radius 3 is 2.27 bits per heavy atom. The van der Waals surface area contributed by atoms with E-state index in [9.17, 15) is 9.59 Å². The summed E-state index contributed by atoms with van der Waals surface area (Å²) in [5.74, 6) is -0.224. The summed E-state index contributed by atoms with van der Waals surface area (Å²) in [6, 6.07) is 25.3. The summed E-state index contributed by atoms with van der Waals surface area (Å²) in [4.78, 5) is 26.8. The van der Waals surface area contributed by atoms with Gasteiger partial charge < -0.3 is 10.6 Å². The Labute approximate surface area is 222 Å². The first-order valence-corrected chi connectivity index (χ1v) is 12.6. The Morgan fingerprint density at radius 2 is 1.59 bits per heavy atom. The number of amides is 2. The number of hydrogen-bond acceptors (Lipinski definition) is 3. The molecule has 1 unspecified atom stereocenters. The fourth-order valence-electron chi connectivity index (χ4n) is 3.98. The van der Waals surface area contributed by atoms with Crippen molar-refractivity contribution < 1.29 is 9.59 Å². The van der Waals surface area contributed by atoms with Crippen molar-refractivity contribution in [3.63, 3.8) is 0 Å². The fourth-order valence-corrected chi connectivity index (χ4v) is 4.20. The smallest absolute Gasteiger partial charge is 0.253 e. The van der Waals surface area contributed by atoms with E-state index in [0.29, 0.717) is 22.8 Å². The van der Waals surface area contributed by atoms with Crippen molar-refractivity contribution in [2.75, 3.05) is 5.32 Å². The maximum atomic E-state index is 13.7. The quantitative estimate of drug-likeness (QED) is 0.312. The summed E-state index contributed by atoms with van der Waals surface area (Å²) in [5, 5.41) is 11.1. The van der Waals surface area contributed by atoms with Crippen molar-refractivity contribution in [1.29, 1.82) is 0 Å². The van der Waals surface area contributed by atoms with Crippen LogP contribution in [0.2, 0.25) is 5.02 Å². The van der Waals surface area contributed by atoms with Crippen LogP contribution in [0.15, 0.2) is 84.9 Å². The van der Waals surface area contributed by atoms with Crippen LogP contribution in [0.4, 0.5) is 5.82 Å². The molecule has 0 aliphatic rings. The number of anilines is 1. The van der Waals surface area contributed by atoms with Crippen LogP contribution in [0.5, 0.6) is 0 Å². The van der Waals surface area contributed by atoms with Crippen LogP contribution in [0, 0.1) is 6.92 Å². The highest BCUT2D eigenvalue weighted by atomic mass is 35.5. The summed E-state index contributed by atoms with van der Waals surface area (Å²) < 4.78 is 1.75. The third kappa shape index (κ3) is 6.27. The van der Waals surface area contributed by atoms with Gasteiger partial charge in [-0.3, -0.25) is 9.59 Å². The summed E-state index contributed by atoms with van der Waals surface area (Å²) in [6.45, 7) is 8.23. The molecule has 4 aromatic rings. The molecule has 0 spiro atoms. The Balaban J connectivity index is 1.68. The summed E-state index contributed by atoms with van der Waals surface area (Å²) in [5.41, 5.74) is 3.74. The Morgan fingerprint density at radius 1 is 0.946 bits per heavy atom. The molecule has 6 nitrogen and oxygen atoms in total. The van der Waals surface area contributed by atoms with Crippen LogP contribution in [0.25, 0.3) is 5.69 Å². The molecular weight excluding hydrogens is 484 g/mol. The summed E-state index contributed by atoms with van der Waals surface area (Å²) >= 11 is 6.25. The molecule has 190 valence electrons. The number of aromatic nitrogens is 2. The van der Waals surface area contributed by atoms with E-state index in [1.165, 1.54) is 0 Å². The number of aryl methyl sites for hydroxylation is 1. The zero-order chi connectivity index (χ0) is 26.6. The SMILES string of the molecule is Cc1ccccc1-n1nc(C(C)(C)C)cc1NC(=O)C(Cc1ccccc1)NC(=O)c1ccccc1Cl. The maximum absolute atomic E-state index is 13.7. The lowest BCUT2D eigenvalue weighted by molar-refractivity contribution is -0.118. The van der Waals surface area contributed by atoms with Crippen LogP contribution in [0.1, 0.15) is 48.0 Å². The number of benzene rings is 3. The van der Waals surface area contributed by atoms with Crippen molar-refractivity contribution in [3.05, 3.63) is 112 Å². The second-order valence-corrected chi connectivity index (χ2v) is 10.5. The van der Waals surface area contributed by atoms with Gasteiger partial charge in [0.1, 0.15) is 11.9 Å². The number of carbonyl (C=O) groups is 2. The molecule has 2 amide bonds. The topological polar surface area (TPSA) is 76.0 Å². The van der Waals surface area contributed by atoms with Gasteiger partial charge >= 0.3 is 0 Å². The molecule has 0 aliphatic carbocycles. The summed E-state index contributed by atoms with van der Waals surface area (Å²) in [6.07, 6.45) is 0.313. The first-order chi connectivity index (χ1) is 17.6. The maximum Gasteiger partial charge on any atom is 0.253 e. The number of carbonyl (C=O) groups excluding carboxylic acids is 2. The minimum Gasteiger partial charge on any atom is -0.340 e. The van der Waals surface area contributed by atoms with E-state index in [4.69, 9.17) is 16.7 Å². The molecule has 1 heterocycles. The molecule has 1 aromatic heterocycles. The van der Waals surface area contributed by atoms with E-state index in [-0.39, 0.29) is 11.3 Å². The summed E-state index contributed by atoms with van der Waals surface area (Å²) in [7, 11) is 0. The predicted octanol–water partition coefficient (Wildman–Crippen LogP) is 6.11. The average Bonchev–Trinajstić information content (AvgIpc) is 3.29. The van der Waals surface area contributed by atoms with Crippen molar-refractivity contribution in [2.24, 2.45) is 0 Å². The average molecular weight is 515 g/mol.